The number of hydrogen-bond acceptors (Lipinski definition) is 1. The Labute approximate surface area is 127 Å². The van der Waals surface area contributed by atoms with Crippen molar-refractivity contribution >= 4 is 40.6 Å². The fraction of sp³-hybridized carbons (Fsp3) is 0.133. The SMILES string of the molecule is Cc1cc(Cl)cc(C)c1NC(=O)Nc1cccc(Cl)c1. The molecule has 104 valence electrons. The van der Waals surface area contributed by atoms with Crippen LogP contribution in [0.15, 0.2) is 36.4 Å². The van der Waals surface area contributed by atoms with Gasteiger partial charge in [-0.2, -0.15) is 0 Å². The second-order valence-corrected chi connectivity index (χ2v) is 5.38. The van der Waals surface area contributed by atoms with Crippen LogP contribution >= 0.6 is 23.2 Å². The van der Waals surface area contributed by atoms with Crippen molar-refractivity contribution in [3.05, 3.63) is 57.6 Å². The summed E-state index contributed by atoms with van der Waals surface area (Å²) in [5, 5.41) is 6.78. The van der Waals surface area contributed by atoms with Gasteiger partial charge in [-0.15, -0.1) is 0 Å². The monoisotopic (exact) mass is 308 g/mol. The molecule has 0 bridgehead atoms. The topological polar surface area (TPSA) is 41.1 Å². The van der Waals surface area contributed by atoms with Gasteiger partial charge in [-0.25, -0.2) is 4.79 Å². The summed E-state index contributed by atoms with van der Waals surface area (Å²) in [6.07, 6.45) is 0. The van der Waals surface area contributed by atoms with Crippen molar-refractivity contribution in [2.75, 3.05) is 10.6 Å². The van der Waals surface area contributed by atoms with E-state index in [9.17, 15) is 4.79 Å². The Hall–Kier alpha value is -1.71. The van der Waals surface area contributed by atoms with Gasteiger partial charge in [0.05, 0.1) is 0 Å². The maximum atomic E-state index is 12.0. The number of amides is 2. The van der Waals surface area contributed by atoms with Gasteiger partial charge in [0.1, 0.15) is 0 Å². The van der Waals surface area contributed by atoms with Gasteiger partial charge < -0.3 is 10.6 Å². The summed E-state index contributed by atoms with van der Waals surface area (Å²) in [5.74, 6) is 0. The molecule has 0 radical (unpaired) electrons. The molecular formula is C15H14Cl2N2O. The Balaban J connectivity index is 2.13. The van der Waals surface area contributed by atoms with Crippen LogP contribution in [-0.4, -0.2) is 6.03 Å². The zero-order chi connectivity index (χ0) is 14.7. The van der Waals surface area contributed by atoms with Gasteiger partial charge in [0.15, 0.2) is 0 Å². The van der Waals surface area contributed by atoms with E-state index in [1.54, 1.807) is 24.3 Å². The molecule has 0 spiro atoms. The number of halogens is 2. The van der Waals surface area contributed by atoms with E-state index in [1.807, 2.05) is 26.0 Å². The Bertz CT molecular complexity index is 633. The number of carbonyl (C=O) groups excluding carboxylic acids is 1. The Morgan fingerprint density at radius 1 is 0.950 bits per heavy atom. The minimum atomic E-state index is -0.319. The second kappa shape index (κ2) is 6.16. The standard InChI is InChI=1S/C15H14Cl2N2O/c1-9-6-12(17)7-10(2)14(9)19-15(20)18-13-5-3-4-11(16)8-13/h3-8H,1-2H3,(H2,18,19,20). The van der Waals surface area contributed by atoms with E-state index in [0.29, 0.717) is 15.7 Å². The van der Waals surface area contributed by atoms with Gasteiger partial charge >= 0.3 is 6.03 Å². The lowest BCUT2D eigenvalue weighted by Gasteiger charge is -2.13. The zero-order valence-electron chi connectivity index (χ0n) is 11.1. The van der Waals surface area contributed by atoms with Crippen molar-refractivity contribution in [2.45, 2.75) is 13.8 Å². The van der Waals surface area contributed by atoms with E-state index in [0.717, 1.165) is 16.8 Å². The van der Waals surface area contributed by atoms with E-state index in [1.165, 1.54) is 0 Å². The molecule has 0 atom stereocenters. The molecule has 0 aromatic heterocycles. The molecule has 0 aliphatic carbocycles. The highest BCUT2D eigenvalue weighted by Crippen LogP contribution is 2.25. The van der Waals surface area contributed by atoms with Gasteiger partial charge in [-0.1, -0.05) is 29.3 Å². The van der Waals surface area contributed by atoms with Crippen molar-refractivity contribution in [3.8, 4) is 0 Å². The molecule has 0 heterocycles. The van der Waals surface area contributed by atoms with Gasteiger partial charge in [0.2, 0.25) is 0 Å². The van der Waals surface area contributed by atoms with Gasteiger partial charge in [-0.05, 0) is 55.3 Å². The van der Waals surface area contributed by atoms with Crippen molar-refractivity contribution in [1.82, 2.24) is 0 Å². The third-order valence-corrected chi connectivity index (χ3v) is 3.27. The molecule has 0 unspecified atom stereocenters. The summed E-state index contributed by atoms with van der Waals surface area (Å²) in [7, 11) is 0. The summed E-state index contributed by atoms with van der Waals surface area (Å²) in [4.78, 5) is 12.0. The third kappa shape index (κ3) is 3.65. The summed E-state index contributed by atoms with van der Waals surface area (Å²) in [6, 6.07) is 10.3. The normalized spacial score (nSPS) is 10.2. The van der Waals surface area contributed by atoms with E-state index in [2.05, 4.69) is 10.6 Å². The molecule has 5 heteroatoms. The molecule has 0 fully saturated rings. The Morgan fingerprint density at radius 3 is 2.20 bits per heavy atom. The molecule has 2 rings (SSSR count). The van der Waals surface area contributed by atoms with E-state index < -0.39 is 0 Å². The zero-order valence-corrected chi connectivity index (χ0v) is 12.6. The van der Waals surface area contributed by atoms with E-state index in [-0.39, 0.29) is 6.03 Å². The number of rotatable bonds is 2. The molecule has 20 heavy (non-hydrogen) atoms. The summed E-state index contributed by atoms with van der Waals surface area (Å²) in [5.41, 5.74) is 3.22. The molecule has 3 nitrogen and oxygen atoms in total. The average Bonchev–Trinajstić information content (AvgIpc) is 2.33. The maximum absolute atomic E-state index is 12.0. The number of benzene rings is 2. The lowest BCUT2D eigenvalue weighted by Crippen LogP contribution is -2.20. The van der Waals surface area contributed by atoms with Crippen molar-refractivity contribution in [3.63, 3.8) is 0 Å². The Kier molecular flexibility index (Phi) is 4.53. The largest absolute Gasteiger partial charge is 0.323 e. The molecule has 2 aromatic carbocycles. The summed E-state index contributed by atoms with van der Waals surface area (Å²) in [6.45, 7) is 3.79. The highest BCUT2D eigenvalue weighted by Gasteiger charge is 2.08. The average molecular weight is 309 g/mol. The molecule has 0 saturated carbocycles. The van der Waals surface area contributed by atoms with Crippen LogP contribution in [0.5, 0.6) is 0 Å². The first kappa shape index (κ1) is 14.7. The number of anilines is 2. The summed E-state index contributed by atoms with van der Waals surface area (Å²) >= 11 is 11.8. The predicted octanol–water partition coefficient (Wildman–Crippen LogP) is 5.25. The van der Waals surface area contributed by atoms with Crippen LogP contribution in [0.2, 0.25) is 10.0 Å². The van der Waals surface area contributed by atoms with E-state index in [4.69, 9.17) is 23.2 Å². The first-order valence-corrected chi connectivity index (χ1v) is 6.81. The quantitative estimate of drug-likeness (QED) is 0.781. The van der Waals surface area contributed by atoms with Crippen LogP contribution in [0.3, 0.4) is 0 Å². The molecule has 0 saturated heterocycles. The third-order valence-electron chi connectivity index (χ3n) is 2.82. The predicted molar refractivity (Wildman–Crippen MR) is 85.0 cm³/mol. The molecule has 2 N–H and O–H groups in total. The molecule has 2 aromatic rings. The van der Waals surface area contributed by atoms with Gasteiger partial charge in [0, 0.05) is 21.4 Å². The van der Waals surface area contributed by atoms with Crippen molar-refractivity contribution in [1.29, 1.82) is 0 Å². The first-order chi connectivity index (χ1) is 9.45. The molecular weight excluding hydrogens is 295 g/mol. The second-order valence-electron chi connectivity index (χ2n) is 4.50. The highest BCUT2D eigenvalue weighted by molar-refractivity contribution is 6.31. The number of hydrogen-bond donors (Lipinski definition) is 2. The first-order valence-electron chi connectivity index (χ1n) is 6.06. The van der Waals surface area contributed by atoms with Crippen LogP contribution in [0.4, 0.5) is 16.2 Å². The number of nitrogens with one attached hydrogen (secondary N) is 2. The maximum Gasteiger partial charge on any atom is 0.323 e. The fourth-order valence-electron chi connectivity index (χ4n) is 1.95. The highest BCUT2D eigenvalue weighted by atomic mass is 35.5. The molecule has 0 aliphatic rings. The van der Waals surface area contributed by atoms with Gasteiger partial charge in [-0.3, -0.25) is 0 Å². The van der Waals surface area contributed by atoms with Crippen molar-refractivity contribution in [2.24, 2.45) is 0 Å². The van der Waals surface area contributed by atoms with Crippen LogP contribution in [-0.2, 0) is 0 Å². The molecule has 2 amide bonds. The lowest BCUT2D eigenvalue weighted by atomic mass is 10.1. The van der Waals surface area contributed by atoms with E-state index >= 15 is 0 Å². The van der Waals surface area contributed by atoms with Gasteiger partial charge in [0.25, 0.3) is 0 Å². The van der Waals surface area contributed by atoms with Crippen LogP contribution in [0, 0.1) is 13.8 Å². The summed E-state index contributed by atoms with van der Waals surface area (Å²) < 4.78 is 0. The van der Waals surface area contributed by atoms with Crippen LogP contribution in [0.1, 0.15) is 11.1 Å². The minimum absolute atomic E-state index is 0.319. The van der Waals surface area contributed by atoms with Crippen molar-refractivity contribution < 1.29 is 4.79 Å². The molecule has 0 aliphatic heterocycles. The minimum Gasteiger partial charge on any atom is -0.308 e. The number of carbonyl (C=O) groups is 1. The smallest absolute Gasteiger partial charge is 0.308 e. The number of aryl methyl sites for hydroxylation is 2. The Morgan fingerprint density at radius 2 is 1.60 bits per heavy atom. The lowest BCUT2D eigenvalue weighted by molar-refractivity contribution is 0.262. The number of urea groups is 1. The van der Waals surface area contributed by atoms with Crippen LogP contribution in [0.25, 0.3) is 0 Å². The van der Waals surface area contributed by atoms with Crippen LogP contribution < -0.4 is 10.6 Å². The fourth-order valence-corrected chi connectivity index (χ4v) is 2.47.